The summed E-state index contributed by atoms with van der Waals surface area (Å²) in [5.41, 5.74) is 1.89. The number of hydrogen-bond donors (Lipinski definition) is 0. The molecule has 0 bridgehead atoms. The minimum absolute atomic E-state index is 0.0263. The predicted octanol–water partition coefficient (Wildman–Crippen LogP) is 8.09. The van der Waals surface area contributed by atoms with Crippen molar-refractivity contribution in [3.05, 3.63) is 81.4 Å². The van der Waals surface area contributed by atoms with Gasteiger partial charge in [0.2, 0.25) is 0 Å². The quantitative estimate of drug-likeness (QED) is 0.258. The molecule has 2 aliphatic carbocycles. The van der Waals surface area contributed by atoms with Crippen LogP contribution in [0, 0.1) is 35.1 Å². The van der Waals surface area contributed by atoms with Crippen molar-refractivity contribution in [1.82, 2.24) is 0 Å². The highest BCUT2D eigenvalue weighted by Gasteiger charge is 2.43. The van der Waals surface area contributed by atoms with E-state index in [4.69, 9.17) is 11.6 Å². The van der Waals surface area contributed by atoms with E-state index in [1.165, 1.54) is 18.2 Å². The van der Waals surface area contributed by atoms with Crippen LogP contribution in [0.2, 0.25) is 5.02 Å². The maximum absolute atomic E-state index is 14.4. The van der Waals surface area contributed by atoms with Crippen LogP contribution in [0.25, 0.3) is 0 Å². The summed E-state index contributed by atoms with van der Waals surface area (Å²) in [4.78, 5) is 0. The molecule has 0 spiro atoms. The fourth-order valence-electron chi connectivity index (χ4n) is 5.54. The first-order valence-electron chi connectivity index (χ1n) is 10.7. The number of hydrogen-bond acceptors (Lipinski definition) is 0. The van der Waals surface area contributed by atoms with Crippen molar-refractivity contribution < 1.29 is 17.6 Å². The van der Waals surface area contributed by atoms with Gasteiger partial charge in [0, 0.05) is 6.07 Å². The average Bonchev–Trinajstić information content (AvgIpc) is 2.71. The molecular weight excluding hydrogens is 412 g/mol. The second kappa shape index (κ2) is 8.74. The Labute approximate surface area is 179 Å². The first-order valence-corrected chi connectivity index (χ1v) is 11.1. The molecule has 0 heterocycles. The van der Waals surface area contributed by atoms with E-state index in [1.54, 1.807) is 0 Å². The Balaban J connectivity index is 1.78. The Morgan fingerprint density at radius 3 is 2.40 bits per heavy atom. The molecule has 1 fully saturated rings. The van der Waals surface area contributed by atoms with Crippen molar-refractivity contribution in [2.45, 2.75) is 57.3 Å². The number of rotatable bonds is 4. The third-order valence-electron chi connectivity index (χ3n) is 6.80. The standard InChI is InChI=1S/C25H25ClF4/c1-2-3-4-5-14-6-7-17-19(9-8-18-20(17)12-16(27)13-21(18)28)24(14)15-10-22(29)25(26)23(30)11-15/h4-5,10-14,17,19,24H,2-3,6-9H2,1H3/b5-4+/t14-,17-,19+,24-/m1/s1. The summed E-state index contributed by atoms with van der Waals surface area (Å²) < 4.78 is 57.0. The van der Waals surface area contributed by atoms with Gasteiger partial charge in [-0.15, -0.1) is 0 Å². The third kappa shape index (κ3) is 3.91. The summed E-state index contributed by atoms with van der Waals surface area (Å²) in [7, 11) is 0. The molecule has 0 saturated heterocycles. The maximum atomic E-state index is 14.4. The lowest BCUT2D eigenvalue weighted by Crippen LogP contribution is -2.35. The van der Waals surface area contributed by atoms with Crippen LogP contribution in [0.1, 0.15) is 67.6 Å². The zero-order valence-electron chi connectivity index (χ0n) is 16.9. The Bertz CT molecular complexity index is 945. The second-order valence-electron chi connectivity index (χ2n) is 8.55. The van der Waals surface area contributed by atoms with Crippen molar-refractivity contribution in [2.24, 2.45) is 11.8 Å². The summed E-state index contributed by atoms with van der Waals surface area (Å²) in [6, 6.07) is 5.06. The van der Waals surface area contributed by atoms with E-state index >= 15 is 0 Å². The van der Waals surface area contributed by atoms with Gasteiger partial charge in [-0.05, 0) is 90.7 Å². The minimum Gasteiger partial charge on any atom is -0.207 e. The van der Waals surface area contributed by atoms with Crippen LogP contribution in [0.5, 0.6) is 0 Å². The lowest BCUT2D eigenvalue weighted by Gasteiger charge is -2.46. The van der Waals surface area contributed by atoms with Gasteiger partial charge in [-0.1, -0.05) is 37.1 Å². The van der Waals surface area contributed by atoms with Crippen LogP contribution in [-0.4, -0.2) is 0 Å². The summed E-state index contributed by atoms with van der Waals surface area (Å²) >= 11 is 5.72. The number of allylic oxidation sites excluding steroid dienone is 2. The van der Waals surface area contributed by atoms with Crippen molar-refractivity contribution in [1.29, 1.82) is 0 Å². The van der Waals surface area contributed by atoms with Crippen LogP contribution >= 0.6 is 11.6 Å². The first-order chi connectivity index (χ1) is 14.4. The molecule has 0 amide bonds. The average molecular weight is 437 g/mol. The molecule has 5 heteroatoms. The molecule has 1 saturated carbocycles. The highest BCUT2D eigenvalue weighted by Crippen LogP contribution is 2.54. The van der Waals surface area contributed by atoms with E-state index in [-0.39, 0.29) is 23.7 Å². The van der Waals surface area contributed by atoms with E-state index in [0.29, 0.717) is 24.0 Å². The second-order valence-corrected chi connectivity index (χ2v) is 8.92. The van der Waals surface area contributed by atoms with Gasteiger partial charge >= 0.3 is 0 Å². The molecule has 4 rings (SSSR count). The Morgan fingerprint density at radius 2 is 1.70 bits per heavy atom. The Hall–Kier alpha value is -1.81. The number of halogens is 5. The molecule has 2 aromatic rings. The zero-order valence-corrected chi connectivity index (χ0v) is 17.7. The van der Waals surface area contributed by atoms with Crippen molar-refractivity contribution in [3.8, 4) is 0 Å². The van der Waals surface area contributed by atoms with Gasteiger partial charge in [-0.2, -0.15) is 0 Å². The molecule has 160 valence electrons. The van der Waals surface area contributed by atoms with Crippen molar-refractivity contribution >= 4 is 11.6 Å². The van der Waals surface area contributed by atoms with Gasteiger partial charge in [0.1, 0.15) is 28.3 Å². The van der Waals surface area contributed by atoms with Gasteiger partial charge in [-0.25, -0.2) is 17.6 Å². The van der Waals surface area contributed by atoms with Crippen molar-refractivity contribution in [2.75, 3.05) is 0 Å². The van der Waals surface area contributed by atoms with E-state index in [2.05, 4.69) is 19.1 Å². The summed E-state index contributed by atoms with van der Waals surface area (Å²) in [6.07, 6.45) is 9.08. The predicted molar refractivity (Wildman–Crippen MR) is 112 cm³/mol. The van der Waals surface area contributed by atoms with Crippen LogP contribution < -0.4 is 0 Å². The summed E-state index contributed by atoms with van der Waals surface area (Å²) in [5, 5.41) is -0.498. The Morgan fingerprint density at radius 1 is 0.967 bits per heavy atom. The third-order valence-corrected chi connectivity index (χ3v) is 7.16. The molecule has 30 heavy (non-hydrogen) atoms. The summed E-state index contributed by atoms with van der Waals surface area (Å²) in [5.74, 6) is -2.57. The number of benzene rings is 2. The van der Waals surface area contributed by atoms with Gasteiger partial charge in [0.05, 0.1) is 0 Å². The highest BCUT2D eigenvalue weighted by molar-refractivity contribution is 6.30. The van der Waals surface area contributed by atoms with Crippen LogP contribution in [0.4, 0.5) is 17.6 Å². The lowest BCUT2D eigenvalue weighted by molar-refractivity contribution is 0.193. The number of fused-ring (bicyclic) bond motifs is 3. The van der Waals surface area contributed by atoms with E-state index < -0.39 is 28.3 Å². The SMILES string of the molecule is CCC/C=C/[C@@H]1CC[C@H]2c3cc(F)cc(F)c3CC[C@@H]2[C@H]1c1cc(F)c(Cl)c(F)c1. The van der Waals surface area contributed by atoms with E-state index in [9.17, 15) is 17.6 Å². The molecule has 0 radical (unpaired) electrons. The van der Waals surface area contributed by atoms with Crippen molar-refractivity contribution in [3.63, 3.8) is 0 Å². The highest BCUT2D eigenvalue weighted by atomic mass is 35.5. The smallest absolute Gasteiger partial charge is 0.145 e. The number of unbranched alkanes of at least 4 members (excludes halogenated alkanes) is 1. The van der Waals surface area contributed by atoms with Gasteiger partial charge in [0.15, 0.2) is 0 Å². The largest absolute Gasteiger partial charge is 0.207 e. The normalized spacial score (nSPS) is 25.9. The minimum atomic E-state index is -0.765. The summed E-state index contributed by atoms with van der Waals surface area (Å²) in [6.45, 7) is 2.10. The molecule has 0 unspecified atom stereocenters. The molecule has 0 aliphatic heterocycles. The first kappa shape index (κ1) is 21.4. The molecule has 2 aliphatic rings. The fourth-order valence-corrected chi connectivity index (χ4v) is 5.65. The van der Waals surface area contributed by atoms with Gasteiger partial charge in [0.25, 0.3) is 0 Å². The molecule has 0 nitrogen and oxygen atoms in total. The molecule has 0 aromatic heterocycles. The molecule has 4 atom stereocenters. The maximum Gasteiger partial charge on any atom is 0.145 e. The van der Waals surface area contributed by atoms with Gasteiger partial charge in [-0.3, -0.25) is 0 Å². The van der Waals surface area contributed by atoms with E-state index in [1.807, 2.05) is 0 Å². The van der Waals surface area contributed by atoms with Crippen LogP contribution in [-0.2, 0) is 6.42 Å². The Kier molecular flexibility index (Phi) is 6.24. The fraction of sp³-hybridized carbons (Fsp3) is 0.440. The topological polar surface area (TPSA) is 0 Å². The van der Waals surface area contributed by atoms with E-state index in [0.717, 1.165) is 37.3 Å². The van der Waals surface area contributed by atoms with Crippen LogP contribution in [0.3, 0.4) is 0 Å². The lowest BCUT2D eigenvalue weighted by atomic mass is 9.58. The van der Waals surface area contributed by atoms with Gasteiger partial charge < -0.3 is 0 Å². The zero-order chi connectivity index (χ0) is 21.4. The monoisotopic (exact) mass is 436 g/mol. The molecule has 0 N–H and O–H groups in total. The van der Waals surface area contributed by atoms with Crippen LogP contribution in [0.15, 0.2) is 36.4 Å². The molecular formula is C25H25ClF4. The molecule has 2 aromatic carbocycles.